The Morgan fingerprint density at radius 2 is 2.00 bits per heavy atom. The molecular weight excluding hydrogens is 179 g/mol. The Morgan fingerprint density at radius 3 is 2.64 bits per heavy atom. The third-order valence-corrected chi connectivity index (χ3v) is 2.31. The fourth-order valence-corrected chi connectivity index (χ4v) is 1.57. The Balaban J connectivity index is 1.99. The van der Waals surface area contributed by atoms with E-state index in [1.54, 1.807) is 12.1 Å². The highest BCUT2D eigenvalue weighted by Gasteiger charge is 2.09. The van der Waals surface area contributed by atoms with Gasteiger partial charge in [0.1, 0.15) is 17.7 Å². The zero-order chi connectivity index (χ0) is 9.80. The summed E-state index contributed by atoms with van der Waals surface area (Å²) in [5, 5.41) is 0. The van der Waals surface area contributed by atoms with E-state index in [4.69, 9.17) is 4.74 Å². The molecule has 0 spiro atoms. The molecule has 1 aromatic carbocycles. The average molecular weight is 192 g/mol. The van der Waals surface area contributed by atoms with Crippen molar-refractivity contribution < 1.29 is 9.13 Å². The van der Waals surface area contributed by atoms with E-state index in [0.29, 0.717) is 0 Å². The Kier molecular flexibility index (Phi) is 2.82. The minimum absolute atomic E-state index is 0.161. The molecule has 1 atom stereocenters. The summed E-state index contributed by atoms with van der Waals surface area (Å²) in [7, 11) is 0. The summed E-state index contributed by atoms with van der Waals surface area (Å²) in [4.78, 5) is 0. The summed E-state index contributed by atoms with van der Waals surface area (Å²) in [5.41, 5.74) is 0. The van der Waals surface area contributed by atoms with Gasteiger partial charge in [0.05, 0.1) is 0 Å². The highest BCUT2D eigenvalue weighted by Crippen LogP contribution is 2.18. The SMILES string of the molecule is Fc1ccc(O[C@H]2C=CCCC2)cc1. The molecule has 0 saturated carbocycles. The Hall–Kier alpha value is -1.31. The maximum Gasteiger partial charge on any atom is 0.123 e. The van der Waals surface area contributed by atoms with E-state index in [-0.39, 0.29) is 11.9 Å². The molecule has 74 valence electrons. The Labute approximate surface area is 83.2 Å². The Morgan fingerprint density at radius 1 is 1.21 bits per heavy atom. The molecule has 1 aliphatic carbocycles. The molecule has 1 nitrogen and oxygen atoms in total. The third-order valence-electron chi connectivity index (χ3n) is 2.31. The van der Waals surface area contributed by atoms with Gasteiger partial charge in [-0.3, -0.25) is 0 Å². The van der Waals surface area contributed by atoms with Crippen LogP contribution in [0.4, 0.5) is 4.39 Å². The van der Waals surface area contributed by atoms with Crippen molar-refractivity contribution in [2.45, 2.75) is 25.4 Å². The molecule has 1 aliphatic rings. The van der Waals surface area contributed by atoms with Crippen molar-refractivity contribution in [3.63, 3.8) is 0 Å². The second kappa shape index (κ2) is 4.27. The predicted molar refractivity (Wildman–Crippen MR) is 53.8 cm³/mol. The highest BCUT2D eigenvalue weighted by molar-refractivity contribution is 5.23. The van der Waals surface area contributed by atoms with Crippen LogP contribution in [0.15, 0.2) is 36.4 Å². The van der Waals surface area contributed by atoms with Crippen molar-refractivity contribution >= 4 is 0 Å². The first-order valence-electron chi connectivity index (χ1n) is 4.93. The van der Waals surface area contributed by atoms with Crippen LogP contribution in [0.25, 0.3) is 0 Å². The van der Waals surface area contributed by atoms with Crippen LogP contribution in [0, 0.1) is 5.82 Å². The first kappa shape index (κ1) is 9.25. The molecule has 0 radical (unpaired) electrons. The normalized spacial score (nSPS) is 20.8. The van der Waals surface area contributed by atoms with Crippen LogP contribution in [-0.2, 0) is 0 Å². The monoisotopic (exact) mass is 192 g/mol. The standard InChI is InChI=1S/C12H13FO/c13-10-6-8-12(9-7-10)14-11-4-2-1-3-5-11/h2,4,6-9,11H,1,3,5H2/t11-/m0/s1. The zero-order valence-corrected chi connectivity index (χ0v) is 7.95. The Bertz CT molecular complexity index is 316. The van der Waals surface area contributed by atoms with E-state index in [1.807, 2.05) is 0 Å². The lowest BCUT2D eigenvalue weighted by atomic mass is 10.1. The van der Waals surface area contributed by atoms with Crippen molar-refractivity contribution in [1.82, 2.24) is 0 Å². The van der Waals surface area contributed by atoms with Gasteiger partial charge in [-0.05, 0) is 49.6 Å². The first-order chi connectivity index (χ1) is 6.84. The second-order valence-electron chi connectivity index (χ2n) is 3.47. The number of ether oxygens (including phenoxy) is 1. The van der Waals surface area contributed by atoms with Crippen molar-refractivity contribution in [3.05, 3.63) is 42.2 Å². The summed E-state index contributed by atoms with van der Waals surface area (Å²) in [6, 6.07) is 6.17. The van der Waals surface area contributed by atoms with Crippen LogP contribution >= 0.6 is 0 Å². The summed E-state index contributed by atoms with van der Waals surface area (Å²) in [5.74, 6) is 0.513. The molecule has 0 aliphatic heterocycles. The summed E-state index contributed by atoms with van der Waals surface area (Å²) >= 11 is 0. The van der Waals surface area contributed by atoms with Crippen molar-refractivity contribution in [2.24, 2.45) is 0 Å². The molecule has 14 heavy (non-hydrogen) atoms. The molecule has 2 heteroatoms. The van der Waals surface area contributed by atoms with Crippen molar-refractivity contribution in [3.8, 4) is 5.75 Å². The van der Waals surface area contributed by atoms with E-state index in [0.717, 1.165) is 18.6 Å². The third kappa shape index (κ3) is 2.34. The van der Waals surface area contributed by atoms with Crippen molar-refractivity contribution in [2.75, 3.05) is 0 Å². The lowest BCUT2D eigenvalue weighted by molar-refractivity contribution is 0.229. The molecule has 0 amide bonds. The minimum atomic E-state index is -0.225. The van der Waals surface area contributed by atoms with Gasteiger partial charge in [0.15, 0.2) is 0 Å². The lowest BCUT2D eigenvalue weighted by Gasteiger charge is -2.18. The fourth-order valence-electron chi connectivity index (χ4n) is 1.57. The van der Waals surface area contributed by atoms with Crippen LogP contribution < -0.4 is 4.74 Å². The predicted octanol–water partition coefficient (Wildman–Crippen LogP) is 3.31. The summed E-state index contributed by atoms with van der Waals surface area (Å²) < 4.78 is 18.3. The van der Waals surface area contributed by atoms with Gasteiger partial charge < -0.3 is 4.74 Å². The first-order valence-corrected chi connectivity index (χ1v) is 4.93. The van der Waals surface area contributed by atoms with Crippen LogP contribution in [0.2, 0.25) is 0 Å². The van der Waals surface area contributed by atoms with Crippen LogP contribution in [0.1, 0.15) is 19.3 Å². The largest absolute Gasteiger partial charge is 0.486 e. The van der Waals surface area contributed by atoms with Gasteiger partial charge in [0, 0.05) is 0 Å². The van der Waals surface area contributed by atoms with Gasteiger partial charge in [0.25, 0.3) is 0 Å². The molecule has 1 aromatic rings. The van der Waals surface area contributed by atoms with Crippen molar-refractivity contribution in [1.29, 1.82) is 0 Å². The summed E-state index contributed by atoms with van der Waals surface area (Å²) in [6.07, 6.45) is 7.73. The molecule has 0 unspecified atom stereocenters. The average Bonchev–Trinajstić information content (AvgIpc) is 2.23. The van der Waals surface area contributed by atoms with Gasteiger partial charge in [-0.2, -0.15) is 0 Å². The quantitative estimate of drug-likeness (QED) is 0.653. The number of hydrogen-bond acceptors (Lipinski definition) is 1. The van der Waals surface area contributed by atoms with Gasteiger partial charge in [0.2, 0.25) is 0 Å². The molecular formula is C12H13FO. The molecule has 0 bridgehead atoms. The molecule has 0 N–H and O–H groups in total. The van der Waals surface area contributed by atoms with Crippen LogP contribution in [0.5, 0.6) is 5.75 Å². The smallest absolute Gasteiger partial charge is 0.123 e. The molecule has 2 rings (SSSR count). The fraction of sp³-hybridized carbons (Fsp3) is 0.333. The number of allylic oxidation sites excluding steroid dienone is 1. The zero-order valence-electron chi connectivity index (χ0n) is 7.95. The highest BCUT2D eigenvalue weighted by atomic mass is 19.1. The molecule has 0 heterocycles. The van der Waals surface area contributed by atoms with E-state index in [2.05, 4.69) is 12.2 Å². The maximum atomic E-state index is 12.6. The minimum Gasteiger partial charge on any atom is -0.486 e. The summed E-state index contributed by atoms with van der Waals surface area (Å²) in [6.45, 7) is 0. The van der Waals surface area contributed by atoms with Crippen LogP contribution in [0.3, 0.4) is 0 Å². The number of rotatable bonds is 2. The number of halogens is 1. The maximum absolute atomic E-state index is 12.6. The topological polar surface area (TPSA) is 9.23 Å². The number of hydrogen-bond donors (Lipinski definition) is 0. The molecule has 0 fully saturated rings. The molecule has 0 aromatic heterocycles. The van der Waals surface area contributed by atoms with Gasteiger partial charge in [-0.15, -0.1) is 0 Å². The number of benzene rings is 1. The van der Waals surface area contributed by atoms with E-state index in [9.17, 15) is 4.39 Å². The van der Waals surface area contributed by atoms with Gasteiger partial charge in [-0.25, -0.2) is 4.39 Å². The van der Waals surface area contributed by atoms with E-state index >= 15 is 0 Å². The van der Waals surface area contributed by atoms with Gasteiger partial charge in [-0.1, -0.05) is 6.08 Å². The second-order valence-corrected chi connectivity index (χ2v) is 3.47. The van der Waals surface area contributed by atoms with E-state index in [1.165, 1.54) is 18.6 Å². The van der Waals surface area contributed by atoms with Crippen LogP contribution in [-0.4, -0.2) is 6.10 Å². The van der Waals surface area contributed by atoms with E-state index < -0.39 is 0 Å². The molecule has 0 saturated heterocycles. The lowest BCUT2D eigenvalue weighted by Crippen LogP contribution is -2.15. The van der Waals surface area contributed by atoms with Gasteiger partial charge >= 0.3 is 0 Å².